The van der Waals surface area contributed by atoms with Crippen LogP contribution in [0.15, 0.2) is 36.7 Å². The summed E-state index contributed by atoms with van der Waals surface area (Å²) in [6.45, 7) is 4.90. The number of nitrogens with one attached hydrogen (secondary N) is 1. The molecule has 0 fully saturated rings. The van der Waals surface area contributed by atoms with Gasteiger partial charge in [0.25, 0.3) is 0 Å². The molecule has 0 atom stereocenters. The molecule has 0 bridgehead atoms. The summed E-state index contributed by atoms with van der Waals surface area (Å²) in [5.74, 6) is -0.101. The molecule has 2 aromatic rings. The summed E-state index contributed by atoms with van der Waals surface area (Å²) in [4.78, 5) is 11.8. The molecular formula is C13H17N5O. The Bertz CT molecular complexity index is 521. The third-order valence-electron chi connectivity index (χ3n) is 2.98. The van der Waals surface area contributed by atoms with Crippen molar-refractivity contribution in [3.8, 4) is 0 Å². The van der Waals surface area contributed by atoms with Gasteiger partial charge in [-0.3, -0.25) is 4.79 Å². The van der Waals surface area contributed by atoms with Crippen molar-refractivity contribution in [2.75, 3.05) is 6.54 Å². The van der Waals surface area contributed by atoms with Gasteiger partial charge in [-0.15, -0.1) is 5.10 Å². The van der Waals surface area contributed by atoms with Crippen molar-refractivity contribution in [3.63, 3.8) is 0 Å². The zero-order valence-electron chi connectivity index (χ0n) is 11.1. The molecule has 0 radical (unpaired) electrons. The average Bonchev–Trinajstić information content (AvgIpc) is 2.90. The maximum atomic E-state index is 11.8. The molecule has 1 aromatic carbocycles. The van der Waals surface area contributed by atoms with Gasteiger partial charge in [0.2, 0.25) is 5.91 Å². The van der Waals surface area contributed by atoms with E-state index in [9.17, 15) is 4.79 Å². The molecule has 0 saturated carbocycles. The first-order chi connectivity index (χ1) is 9.08. The van der Waals surface area contributed by atoms with E-state index in [0.29, 0.717) is 6.54 Å². The van der Waals surface area contributed by atoms with E-state index >= 15 is 0 Å². The Kier molecular flexibility index (Phi) is 3.89. The van der Waals surface area contributed by atoms with E-state index < -0.39 is 0 Å². The van der Waals surface area contributed by atoms with Gasteiger partial charge in [0.15, 0.2) is 0 Å². The molecule has 0 unspecified atom stereocenters. The summed E-state index contributed by atoms with van der Waals surface area (Å²) in [7, 11) is 0. The topological polar surface area (TPSA) is 72.7 Å². The van der Waals surface area contributed by atoms with Crippen molar-refractivity contribution in [2.45, 2.75) is 25.8 Å². The van der Waals surface area contributed by atoms with Crippen LogP contribution < -0.4 is 5.32 Å². The number of carbonyl (C=O) groups excluding carboxylic acids is 1. The van der Waals surface area contributed by atoms with Crippen LogP contribution in [0.25, 0.3) is 0 Å². The van der Waals surface area contributed by atoms with Gasteiger partial charge in [0, 0.05) is 12.0 Å². The van der Waals surface area contributed by atoms with E-state index in [2.05, 4.69) is 46.8 Å². The highest BCUT2D eigenvalue weighted by Crippen LogP contribution is 2.21. The SMILES string of the molecule is CC(C)(CNC(=O)Cn1cnnn1)c1ccccc1. The van der Waals surface area contributed by atoms with E-state index in [1.54, 1.807) is 0 Å². The third kappa shape index (κ3) is 3.61. The quantitative estimate of drug-likeness (QED) is 0.860. The largest absolute Gasteiger partial charge is 0.354 e. The number of nitrogens with zero attached hydrogens (tertiary/aromatic N) is 4. The van der Waals surface area contributed by atoms with Crippen LogP contribution in [0, 0.1) is 0 Å². The van der Waals surface area contributed by atoms with Gasteiger partial charge in [0.1, 0.15) is 12.9 Å². The second kappa shape index (κ2) is 5.60. The Morgan fingerprint density at radius 3 is 2.68 bits per heavy atom. The Morgan fingerprint density at radius 1 is 1.32 bits per heavy atom. The Balaban J connectivity index is 1.89. The summed E-state index contributed by atoms with van der Waals surface area (Å²) >= 11 is 0. The molecule has 1 N–H and O–H groups in total. The van der Waals surface area contributed by atoms with Gasteiger partial charge in [-0.25, -0.2) is 4.68 Å². The van der Waals surface area contributed by atoms with Crippen LogP contribution in [0.5, 0.6) is 0 Å². The number of hydrogen-bond donors (Lipinski definition) is 1. The van der Waals surface area contributed by atoms with Gasteiger partial charge >= 0.3 is 0 Å². The maximum Gasteiger partial charge on any atom is 0.241 e. The van der Waals surface area contributed by atoms with Crippen molar-refractivity contribution in [1.82, 2.24) is 25.5 Å². The molecule has 0 spiro atoms. The van der Waals surface area contributed by atoms with Crippen molar-refractivity contribution < 1.29 is 4.79 Å². The Morgan fingerprint density at radius 2 is 2.05 bits per heavy atom. The third-order valence-corrected chi connectivity index (χ3v) is 2.98. The van der Waals surface area contributed by atoms with Crippen LogP contribution in [-0.2, 0) is 16.8 Å². The molecule has 6 nitrogen and oxygen atoms in total. The molecule has 1 amide bonds. The molecule has 0 aliphatic carbocycles. The minimum atomic E-state index is -0.114. The molecule has 19 heavy (non-hydrogen) atoms. The fourth-order valence-electron chi connectivity index (χ4n) is 1.77. The lowest BCUT2D eigenvalue weighted by atomic mass is 9.84. The lowest BCUT2D eigenvalue weighted by Crippen LogP contribution is -2.38. The summed E-state index contributed by atoms with van der Waals surface area (Å²) in [6, 6.07) is 10.1. The monoisotopic (exact) mass is 259 g/mol. The molecule has 0 aliphatic rings. The van der Waals surface area contributed by atoms with Crippen LogP contribution >= 0.6 is 0 Å². The first-order valence-electron chi connectivity index (χ1n) is 6.11. The number of benzene rings is 1. The highest BCUT2D eigenvalue weighted by molar-refractivity contribution is 5.75. The molecule has 100 valence electrons. The molecular weight excluding hydrogens is 242 g/mol. The fourth-order valence-corrected chi connectivity index (χ4v) is 1.77. The lowest BCUT2D eigenvalue weighted by Gasteiger charge is -2.25. The predicted molar refractivity (Wildman–Crippen MR) is 70.3 cm³/mol. The predicted octanol–water partition coefficient (Wildman–Crippen LogP) is 0.767. The fraction of sp³-hybridized carbons (Fsp3) is 0.385. The zero-order chi connectivity index (χ0) is 13.7. The van der Waals surface area contributed by atoms with E-state index in [4.69, 9.17) is 0 Å². The number of rotatable bonds is 5. The van der Waals surface area contributed by atoms with Crippen LogP contribution in [0.1, 0.15) is 19.4 Å². The van der Waals surface area contributed by atoms with Gasteiger partial charge in [-0.1, -0.05) is 44.2 Å². The summed E-state index contributed by atoms with van der Waals surface area (Å²) < 4.78 is 1.39. The van der Waals surface area contributed by atoms with Gasteiger partial charge in [-0.2, -0.15) is 0 Å². The summed E-state index contributed by atoms with van der Waals surface area (Å²) in [5, 5.41) is 13.5. The molecule has 0 saturated heterocycles. The number of amides is 1. The zero-order valence-corrected chi connectivity index (χ0v) is 11.1. The van der Waals surface area contributed by atoms with E-state index in [0.717, 1.165) is 0 Å². The van der Waals surface area contributed by atoms with Gasteiger partial charge in [0.05, 0.1) is 0 Å². The number of aromatic nitrogens is 4. The molecule has 0 aliphatic heterocycles. The minimum Gasteiger partial charge on any atom is -0.354 e. The Hall–Kier alpha value is -2.24. The van der Waals surface area contributed by atoms with Gasteiger partial charge in [-0.05, 0) is 16.0 Å². The molecule has 6 heteroatoms. The molecule has 1 heterocycles. The van der Waals surface area contributed by atoms with E-state index in [1.165, 1.54) is 16.6 Å². The Labute approximate surface area is 111 Å². The van der Waals surface area contributed by atoms with Crippen LogP contribution in [-0.4, -0.2) is 32.7 Å². The standard InChI is InChI=1S/C13H17N5O/c1-13(2,11-6-4-3-5-7-11)9-14-12(19)8-18-10-15-16-17-18/h3-7,10H,8-9H2,1-2H3,(H,14,19). The van der Waals surface area contributed by atoms with Crippen LogP contribution in [0.3, 0.4) is 0 Å². The number of tetrazole rings is 1. The summed E-state index contributed by atoms with van der Waals surface area (Å²) in [6.07, 6.45) is 1.42. The second-order valence-electron chi connectivity index (χ2n) is 5.03. The first-order valence-corrected chi connectivity index (χ1v) is 6.11. The van der Waals surface area contributed by atoms with E-state index in [1.807, 2.05) is 18.2 Å². The average molecular weight is 259 g/mol. The maximum absolute atomic E-state index is 11.8. The van der Waals surface area contributed by atoms with E-state index in [-0.39, 0.29) is 17.9 Å². The second-order valence-corrected chi connectivity index (χ2v) is 5.03. The van der Waals surface area contributed by atoms with Crippen LogP contribution in [0.2, 0.25) is 0 Å². The lowest BCUT2D eigenvalue weighted by molar-refractivity contribution is -0.122. The van der Waals surface area contributed by atoms with Gasteiger partial charge < -0.3 is 5.32 Å². The number of hydrogen-bond acceptors (Lipinski definition) is 4. The molecule has 2 rings (SSSR count). The van der Waals surface area contributed by atoms with Crippen molar-refractivity contribution in [2.24, 2.45) is 0 Å². The van der Waals surface area contributed by atoms with Crippen molar-refractivity contribution in [1.29, 1.82) is 0 Å². The first kappa shape index (κ1) is 13.2. The van der Waals surface area contributed by atoms with Crippen LogP contribution in [0.4, 0.5) is 0 Å². The molecule has 1 aromatic heterocycles. The minimum absolute atomic E-state index is 0.101. The number of carbonyl (C=O) groups is 1. The normalized spacial score (nSPS) is 11.3. The van der Waals surface area contributed by atoms with Crippen molar-refractivity contribution >= 4 is 5.91 Å². The summed E-state index contributed by atoms with van der Waals surface area (Å²) in [5.41, 5.74) is 1.08. The van der Waals surface area contributed by atoms with Crippen molar-refractivity contribution in [3.05, 3.63) is 42.2 Å². The highest BCUT2D eigenvalue weighted by Gasteiger charge is 2.21. The highest BCUT2D eigenvalue weighted by atomic mass is 16.2. The smallest absolute Gasteiger partial charge is 0.241 e.